The van der Waals surface area contributed by atoms with Crippen LogP contribution in [0.3, 0.4) is 0 Å². The zero-order valence-electron chi connectivity index (χ0n) is 21.8. The van der Waals surface area contributed by atoms with Crippen molar-refractivity contribution in [2.24, 2.45) is 20.5 Å². The van der Waals surface area contributed by atoms with Crippen molar-refractivity contribution in [3.05, 3.63) is 54.6 Å². The van der Waals surface area contributed by atoms with Gasteiger partial charge in [-0.3, -0.25) is 18.2 Å². The summed E-state index contributed by atoms with van der Waals surface area (Å²) in [6.45, 7) is 0. The predicted molar refractivity (Wildman–Crippen MR) is 155 cm³/mol. The van der Waals surface area contributed by atoms with Crippen LogP contribution in [0.5, 0.6) is 5.75 Å². The number of fused-ring (bicyclic) bond motifs is 1. The molecule has 0 spiro atoms. The molecular formula is C22H18N6O13S4. The Hall–Kier alpha value is -4.62. The average Bonchev–Trinajstić information content (AvgIpc) is 2.90. The summed E-state index contributed by atoms with van der Waals surface area (Å²) in [5, 5.41) is 24.2. The third-order valence-electron chi connectivity index (χ3n) is 5.79. The van der Waals surface area contributed by atoms with Gasteiger partial charge in [0.05, 0.1) is 11.1 Å². The van der Waals surface area contributed by atoms with Crippen molar-refractivity contribution in [3.8, 4) is 5.75 Å². The number of rotatable bonds is 8. The van der Waals surface area contributed by atoms with Gasteiger partial charge in [-0.25, -0.2) is 0 Å². The summed E-state index contributed by atoms with van der Waals surface area (Å²) in [6, 6.07) is 8.54. The Labute approximate surface area is 253 Å². The summed E-state index contributed by atoms with van der Waals surface area (Å²) in [5.41, 5.74) is 7.59. The SMILES string of the molecule is Nc1ccc(N=Nc2c(S(=O)(=O)O)cc3cc(S(=O)(=O)O)c(N=Nc4ccccc4S(=O)(=O)O)c(O)c3c2N)c(S(=O)(=O)O)c1. The Balaban J connectivity index is 2.07. The Morgan fingerprint density at radius 3 is 1.53 bits per heavy atom. The highest BCUT2D eigenvalue weighted by atomic mass is 32.2. The monoisotopic (exact) mass is 702 g/mol. The summed E-state index contributed by atoms with van der Waals surface area (Å²) in [7, 11) is -20.4. The molecule has 0 aliphatic rings. The number of azo groups is 2. The van der Waals surface area contributed by atoms with Crippen molar-refractivity contribution in [2.75, 3.05) is 11.5 Å². The van der Waals surface area contributed by atoms with Crippen LogP contribution in [0.25, 0.3) is 10.8 Å². The first-order valence-electron chi connectivity index (χ1n) is 11.4. The van der Waals surface area contributed by atoms with Gasteiger partial charge in [-0.05, 0) is 47.9 Å². The molecule has 0 bridgehead atoms. The molecule has 0 amide bonds. The number of benzene rings is 4. The van der Waals surface area contributed by atoms with Crippen molar-refractivity contribution < 1.29 is 57.0 Å². The summed E-state index contributed by atoms with van der Waals surface area (Å²) in [5.74, 6) is -1.19. The molecule has 4 aromatic rings. The molecule has 23 heteroatoms. The Bertz CT molecular complexity index is 2410. The normalized spacial score (nSPS) is 13.2. The van der Waals surface area contributed by atoms with Gasteiger partial charge in [-0.1, -0.05) is 12.1 Å². The van der Waals surface area contributed by atoms with Gasteiger partial charge >= 0.3 is 0 Å². The largest absolute Gasteiger partial charge is 0.505 e. The van der Waals surface area contributed by atoms with E-state index in [1.807, 2.05) is 0 Å². The van der Waals surface area contributed by atoms with Gasteiger partial charge in [0, 0.05) is 5.69 Å². The fourth-order valence-electron chi connectivity index (χ4n) is 3.89. The van der Waals surface area contributed by atoms with E-state index in [4.69, 9.17) is 11.5 Å². The van der Waals surface area contributed by atoms with E-state index >= 15 is 0 Å². The minimum atomic E-state index is -5.30. The van der Waals surface area contributed by atoms with E-state index in [1.54, 1.807) is 0 Å². The number of phenols is 1. The smallest absolute Gasteiger partial charge is 0.296 e. The van der Waals surface area contributed by atoms with E-state index in [0.717, 1.165) is 30.3 Å². The van der Waals surface area contributed by atoms with E-state index in [2.05, 4.69) is 20.5 Å². The first-order chi connectivity index (χ1) is 20.6. The van der Waals surface area contributed by atoms with Crippen molar-refractivity contribution >= 4 is 85.4 Å². The first kappa shape index (κ1) is 33.3. The third-order valence-corrected chi connectivity index (χ3v) is 9.31. The fraction of sp³-hybridized carbons (Fsp3) is 0. The van der Waals surface area contributed by atoms with Gasteiger partial charge in [0.2, 0.25) is 0 Å². The van der Waals surface area contributed by atoms with E-state index < -0.39 is 105 Å². The topological polar surface area (TPSA) is 339 Å². The lowest BCUT2D eigenvalue weighted by molar-refractivity contribution is 0.472. The van der Waals surface area contributed by atoms with Crippen LogP contribution in [0, 0.1) is 0 Å². The Morgan fingerprint density at radius 1 is 0.533 bits per heavy atom. The molecule has 4 aromatic carbocycles. The first-order valence-corrected chi connectivity index (χ1v) is 17.2. The third kappa shape index (κ3) is 6.89. The number of nitrogens with zero attached hydrogens (tertiary/aromatic N) is 4. The molecule has 0 aromatic heterocycles. The second-order valence-electron chi connectivity index (χ2n) is 8.80. The summed E-state index contributed by atoms with van der Waals surface area (Å²) in [4.78, 5) is -3.94. The number of anilines is 2. The highest BCUT2D eigenvalue weighted by Crippen LogP contribution is 2.48. The van der Waals surface area contributed by atoms with Gasteiger partial charge < -0.3 is 16.6 Å². The zero-order chi connectivity index (χ0) is 33.7. The zero-order valence-corrected chi connectivity index (χ0v) is 25.0. The lowest BCUT2D eigenvalue weighted by atomic mass is 10.1. The number of hydrogen-bond donors (Lipinski definition) is 7. The van der Waals surface area contributed by atoms with Crippen molar-refractivity contribution in [1.82, 2.24) is 0 Å². The molecule has 0 saturated carbocycles. The highest BCUT2D eigenvalue weighted by molar-refractivity contribution is 7.86. The molecule has 0 atom stereocenters. The van der Waals surface area contributed by atoms with Crippen molar-refractivity contribution in [3.63, 3.8) is 0 Å². The Kier molecular flexibility index (Phi) is 8.42. The number of aromatic hydroxyl groups is 1. The molecule has 0 fully saturated rings. The molecule has 0 heterocycles. The van der Waals surface area contributed by atoms with Crippen LogP contribution in [-0.4, -0.2) is 57.0 Å². The summed E-state index contributed by atoms with van der Waals surface area (Å²) in [6.07, 6.45) is 0. The lowest BCUT2D eigenvalue weighted by Gasteiger charge is -2.14. The maximum Gasteiger partial charge on any atom is 0.296 e. The lowest BCUT2D eigenvalue weighted by Crippen LogP contribution is -2.04. The predicted octanol–water partition coefficient (Wildman–Crippen LogP) is 3.53. The van der Waals surface area contributed by atoms with Crippen LogP contribution in [0.2, 0.25) is 0 Å². The number of phenolic OH excluding ortho intramolecular Hbond substituents is 1. The standard InChI is InChI=1S/C22H18N6O13S4/c23-11-5-6-13(15(9-11)43(33,34)35)26-27-20-16(44(36,37)38)7-10-8-17(45(39,40)41)21(22(29)18(10)19(20)24)28-25-12-3-1-2-4-14(12)42(30,31)32/h1-9,29H,23-24H2,(H,30,31,32)(H,33,34,35)(H,36,37,38)(H,39,40,41). The quantitative estimate of drug-likeness (QED) is 0.0784. The second-order valence-corrected chi connectivity index (χ2v) is 14.4. The van der Waals surface area contributed by atoms with E-state index in [0.29, 0.717) is 12.1 Å². The van der Waals surface area contributed by atoms with E-state index in [1.165, 1.54) is 12.1 Å². The summed E-state index contributed by atoms with van der Waals surface area (Å²) < 4.78 is 135. The van der Waals surface area contributed by atoms with Gasteiger partial charge in [0.25, 0.3) is 40.5 Å². The van der Waals surface area contributed by atoms with Crippen LogP contribution < -0.4 is 11.5 Å². The van der Waals surface area contributed by atoms with Crippen LogP contribution in [0.1, 0.15) is 0 Å². The number of nitrogen functional groups attached to an aromatic ring is 2. The van der Waals surface area contributed by atoms with Gasteiger partial charge in [0.15, 0.2) is 5.75 Å². The summed E-state index contributed by atoms with van der Waals surface area (Å²) >= 11 is 0. The number of hydrogen-bond acceptors (Lipinski definition) is 15. The van der Waals surface area contributed by atoms with Crippen LogP contribution in [0.4, 0.5) is 34.1 Å². The molecule has 0 aliphatic heterocycles. The van der Waals surface area contributed by atoms with Crippen LogP contribution >= 0.6 is 0 Å². The van der Waals surface area contributed by atoms with E-state index in [9.17, 15) is 57.0 Å². The second kappa shape index (κ2) is 11.4. The molecule has 4 rings (SSSR count). The van der Waals surface area contributed by atoms with Crippen molar-refractivity contribution in [2.45, 2.75) is 19.6 Å². The molecular weight excluding hydrogens is 685 g/mol. The van der Waals surface area contributed by atoms with Gasteiger partial charge in [0.1, 0.15) is 42.3 Å². The van der Waals surface area contributed by atoms with E-state index in [-0.39, 0.29) is 5.69 Å². The molecule has 0 unspecified atom stereocenters. The van der Waals surface area contributed by atoms with Gasteiger partial charge in [-0.2, -0.15) is 33.7 Å². The fourth-order valence-corrected chi connectivity index (χ4v) is 6.50. The number of nitrogens with two attached hydrogens (primary N) is 2. The molecule has 0 aliphatic carbocycles. The average molecular weight is 703 g/mol. The van der Waals surface area contributed by atoms with Crippen LogP contribution in [-0.2, 0) is 40.5 Å². The maximum absolute atomic E-state index is 12.3. The molecule has 0 saturated heterocycles. The molecule has 45 heavy (non-hydrogen) atoms. The van der Waals surface area contributed by atoms with Crippen LogP contribution in [0.15, 0.2) is 94.6 Å². The maximum atomic E-state index is 12.3. The molecule has 9 N–H and O–H groups in total. The minimum Gasteiger partial charge on any atom is -0.505 e. The molecule has 19 nitrogen and oxygen atoms in total. The molecule has 238 valence electrons. The van der Waals surface area contributed by atoms with Gasteiger partial charge in [-0.15, -0.1) is 20.5 Å². The van der Waals surface area contributed by atoms with Crippen molar-refractivity contribution in [1.29, 1.82) is 0 Å². The molecule has 0 radical (unpaired) electrons. The highest BCUT2D eigenvalue weighted by Gasteiger charge is 2.28. The minimum absolute atomic E-state index is 0.120. The Morgan fingerprint density at radius 2 is 1.00 bits per heavy atom.